The van der Waals surface area contributed by atoms with E-state index in [1.807, 2.05) is 0 Å². The first kappa shape index (κ1) is 17.3. The zero-order valence-corrected chi connectivity index (χ0v) is 11.7. The summed E-state index contributed by atoms with van der Waals surface area (Å²) in [5.41, 5.74) is 4.10. The van der Waals surface area contributed by atoms with Crippen molar-refractivity contribution in [2.45, 2.75) is 12.3 Å². The van der Waals surface area contributed by atoms with Gasteiger partial charge in [0.25, 0.3) is 0 Å². The van der Waals surface area contributed by atoms with E-state index in [0.717, 1.165) is 12.1 Å². The smallest absolute Gasteiger partial charge is 0.389 e. The quantitative estimate of drug-likeness (QED) is 0.548. The van der Waals surface area contributed by atoms with Gasteiger partial charge < -0.3 is 20.5 Å². The molecule has 1 rings (SSSR count). The number of nitrogens with two attached hydrogens (primary N) is 1. The van der Waals surface area contributed by atoms with Crippen LogP contribution in [0.25, 0.3) is 0 Å². The van der Waals surface area contributed by atoms with Crippen LogP contribution in [0.1, 0.15) is 11.1 Å². The Morgan fingerprint density at radius 3 is 2.57 bits per heavy atom. The van der Waals surface area contributed by atoms with E-state index in [2.05, 4.69) is 0 Å². The molecule has 4 N–H and O–H groups in total. The van der Waals surface area contributed by atoms with Crippen LogP contribution in [0.5, 0.6) is 0 Å². The van der Waals surface area contributed by atoms with Crippen LogP contribution in [-0.4, -0.2) is 44.4 Å². The number of nitrogens with zero attached hydrogens (tertiary/aromatic N) is 1. The highest BCUT2D eigenvalue weighted by atomic mass is 19.4. The number of amidine groups is 1. The lowest BCUT2D eigenvalue weighted by atomic mass is 10.0. The Bertz CT molecular complexity index is 506. The van der Waals surface area contributed by atoms with Gasteiger partial charge in [0.05, 0.1) is 18.3 Å². The Balaban J connectivity index is 3.08. The molecule has 21 heavy (non-hydrogen) atoms. The lowest BCUT2D eigenvalue weighted by molar-refractivity contribution is -0.137. The maximum absolute atomic E-state index is 13.0. The molecule has 8 heteroatoms. The first-order valence-corrected chi connectivity index (χ1v) is 6.10. The maximum Gasteiger partial charge on any atom is 0.417 e. The van der Waals surface area contributed by atoms with Crippen molar-refractivity contribution in [1.29, 1.82) is 5.41 Å². The van der Waals surface area contributed by atoms with Crippen LogP contribution in [-0.2, 0) is 10.9 Å². The third kappa shape index (κ3) is 4.61. The third-order valence-corrected chi connectivity index (χ3v) is 2.88. The zero-order chi connectivity index (χ0) is 16.2. The number of aliphatic hydroxyl groups is 1. The van der Waals surface area contributed by atoms with E-state index in [0.29, 0.717) is 0 Å². The van der Waals surface area contributed by atoms with Crippen LogP contribution in [0, 0.1) is 5.41 Å². The van der Waals surface area contributed by atoms with Crippen molar-refractivity contribution < 1.29 is 23.0 Å². The van der Waals surface area contributed by atoms with Gasteiger partial charge in [0.1, 0.15) is 5.84 Å². The first-order chi connectivity index (χ1) is 9.66. The average Bonchev–Trinajstić information content (AvgIpc) is 2.37. The monoisotopic (exact) mass is 305 g/mol. The molecule has 0 aliphatic carbocycles. The number of likely N-dealkylation sites (N-methyl/N-ethyl adjacent to an activating group) is 1. The Kier molecular flexibility index (Phi) is 5.56. The second-order valence-electron chi connectivity index (χ2n) is 4.63. The van der Waals surface area contributed by atoms with Crippen molar-refractivity contribution in [2.24, 2.45) is 5.73 Å². The molecule has 1 aromatic carbocycles. The number of anilines is 1. The Morgan fingerprint density at radius 1 is 1.48 bits per heavy atom. The minimum atomic E-state index is -4.61. The van der Waals surface area contributed by atoms with Crippen LogP contribution in [0.3, 0.4) is 0 Å². The molecule has 0 saturated carbocycles. The normalized spacial score (nSPS) is 13.0. The van der Waals surface area contributed by atoms with Crippen LogP contribution in [0.2, 0.25) is 0 Å². The summed E-state index contributed by atoms with van der Waals surface area (Å²) in [4.78, 5) is 1.48. The van der Waals surface area contributed by atoms with Gasteiger partial charge in [-0.3, -0.25) is 5.41 Å². The zero-order valence-electron chi connectivity index (χ0n) is 11.7. The SMILES string of the molecule is COCC(O)CN(C)c1ccc(C(=N)N)c(C(F)(F)F)c1. The van der Waals surface area contributed by atoms with Gasteiger partial charge in [-0.05, 0) is 18.2 Å². The number of hydrogen-bond donors (Lipinski definition) is 3. The number of methoxy groups -OCH3 is 1. The van der Waals surface area contributed by atoms with Crippen molar-refractivity contribution in [3.63, 3.8) is 0 Å². The summed E-state index contributed by atoms with van der Waals surface area (Å²) < 4.78 is 43.8. The van der Waals surface area contributed by atoms with Gasteiger partial charge in [-0.2, -0.15) is 13.2 Å². The molecule has 0 aromatic heterocycles. The molecule has 118 valence electrons. The Morgan fingerprint density at radius 2 is 2.10 bits per heavy atom. The summed E-state index contributed by atoms with van der Waals surface area (Å²) in [7, 11) is 2.98. The summed E-state index contributed by atoms with van der Waals surface area (Å²) in [6.07, 6.45) is -5.43. The number of benzene rings is 1. The standard InChI is InChI=1S/C13H18F3N3O2/c1-19(6-9(20)7-21-2)8-3-4-10(12(17)18)11(5-8)13(14,15)16/h3-5,9,20H,6-7H2,1-2H3,(H3,17,18). The van der Waals surface area contributed by atoms with Gasteiger partial charge in [-0.25, -0.2) is 0 Å². The summed E-state index contributed by atoms with van der Waals surface area (Å²) in [6.45, 7) is 0.201. The van der Waals surface area contributed by atoms with Crippen molar-refractivity contribution in [2.75, 3.05) is 32.2 Å². The van der Waals surface area contributed by atoms with Crippen LogP contribution < -0.4 is 10.6 Å². The fourth-order valence-corrected chi connectivity index (χ4v) is 1.91. The lowest BCUT2D eigenvalue weighted by Crippen LogP contribution is -2.32. The molecule has 0 fully saturated rings. The van der Waals surface area contributed by atoms with Crippen molar-refractivity contribution in [1.82, 2.24) is 0 Å². The van der Waals surface area contributed by atoms with Crippen LogP contribution in [0.4, 0.5) is 18.9 Å². The molecule has 0 aliphatic rings. The summed E-state index contributed by atoms with van der Waals surface area (Å²) in [5, 5.41) is 16.8. The minimum absolute atomic E-state index is 0.0853. The van der Waals surface area contributed by atoms with E-state index in [-0.39, 0.29) is 24.4 Å². The van der Waals surface area contributed by atoms with Gasteiger partial charge in [0.2, 0.25) is 0 Å². The maximum atomic E-state index is 13.0. The second-order valence-corrected chi connectivity index (χ2v) is 4.63. The minimum Gasteiger partial charge on any atom is -0.389 e. The van der Waals surface area contributed by atoms with Gasteiger partial charge >= 0.3 is 6.18 Å². The molecule has 0 bridgehead atoms. The van der Waals surface area contributed by atoms with Crippen molar-refractivity contribution >= 4 is 11.5 Å². The molecule has 0 radical (unpaired) electrons. The topological polar surface area (TPSA) is 82.6 Å². The molecule has 0 amide bonds. The Labute approximate surface area is 120 Å². The Hall–Kier alpha value is -1.80. The molecule has 1 unspecified atom stereocenters. The van der Waals surface area contributed by atoms with E-state index in [1.54, 1.807) is 7.05 Å². The number of nitrogen functional groups attached to an aromatic ring is 1. The highest BCUT2D eigenvalue weighted by Gasteiger charge is 2.34. The molecular weight excluding hydrogens is 287 g/mol. The highest BCUT2D eigenvalue weighted by molar-refractivity contribution is 5.97. The number of rotatable bonds is 6. The number of ether oxygens (including phenoxy) is 1. The van der Waals surface area contributed by atoms with E-state index >= 15 is 0 Å². The predicted molar refractivity (Wildman–Crippen MR) is 73.6 cm³/mol. The first-order valence-electron chi connectivity index (χ1n) is 6.10. The van der Waals surface area contributed by atoms with E-state index < -0.39 is 23.7 Å². The van der Waals surface area contributed by atoms with Gasteiger partial charge in [-0.15, -0.1) is 0 Å². The fourth-order valence-electron chi connectivity index (χ4n) is 1.91. The van der Waals surface area contributed by atoms with E-state index in [1.165, 1.54) is 18.1 Å². The van der Waals surface area contributed by atoms with Gasteiger partial charge in [0.15, 0.2) is 0 Å². The van der Waals surface area contributed by atoms with Crippen LogP contribution in [0.15, 0.2) is 18.2 Å². The number of alkyl halides is 3. The van der Waals surface area contributed by atoms with E-state index in [4.69, 9.17) is 15.9 Å². The van der Waals surface area contributed by atoms with Gasteiger partial charge in [-0.1, -0.05) is 0 Å². The van der Waals surface area contributed by atoms with Crippen molar-refractivity contribution in [3.05, 3.63) is 29.3 Å². The molecule has 1 aromatic rings. The third-order valence-electron chi connectivity index (χ3n) is 2.88. The second kappa shape index (κ2) is 6.77. The largest absolute Gasteiger partial charge is 0.417 e. The summed E-state index contributed by atoms with van der Waals surface area (Å²) in [6, 6.07) is 3.49. The number of halogens is 3. The molecule has 0 aliphatic heterocycles. The predicted octanol–water partition coefficient (Wildman–Crippen LogP) is 1.43. The number of aliphatic hydroxyl groups excluding tert-OH is 1. The summed E-state index contributed by atoms with van der Waals surface area (Å²) >= 11 is 0. The molecule has 0 heterocycles. The lowest BCUT2D eigenvalue weighted by Gasteiger charge is -2.24. The molecular formula is C13H18F3N3O2. The molecule has 5 nitrogen and oxygen atoms in total. The molecule has 0 saturated heterocycles. The summed E-state index contributed by atoms with van der Waals surface area (Å²) in [5.74, 6) is -0.643. The molecule has 0 spiro atoms. The van der Waals surface area contributed by atoms with Crippen LogP contribution >= 0.6 is 0 Å². The van der Waals surface area contributed by atoms with Gasteiger partial charge in [0, 0.05) is 32.0 Å². The molecule has 1 atom stereocenters. The van der Waals surface area contributed by atoms with E-state index in [9.17, 15) is 18.3 Å². The highest BCUT2D eigenvalue weighted by Crippen LogP contribution is 2.34. The number of hydrogen-bond acceptors (Lipinski definition) is 4. The fraction of sp³-hybridized carbons (Fsp3) is 0.462. The number of nitrogens with one attached hydrogen (secondary N) is 1. The average molecular weight is 305 g/mol. The van der Waals surface area contributed by atoms with Crippen molar-refractivity contribution in [3.8, 4) is 0 Å².